The summed E-state index contributed by atoms with van der Waals surface area (Å²) in [5.74, 6) is -0.494. The molecule has 1 amide bonds. The Morgan fingerprint density at radius 2 is 1.96 bits per heavy atom. The van der Waals surface area contributed by atoms with E-state index in [9.17, 15) is 9.90 Å². The second-order valence-corrected chi connectivity index (χ2v) is 6.66. The largest absolute Gasteiger partial charge is 0.504 e. The minimum absolute atomic E-state index is 0.0752. The molecule has 2 bridgehead atoms. The summed E-state index contributed by atoms with van der Waals surface area (Å²) in [5.41, 5.74) is 3.52. The Hall–Kier alpha value is -2.76. The van der Waals surface area contributed by atoms with Gasteiger partial charge >= 0.3 is 0 Å². The Balaban J connectivity index is 1.79. The maximum atomic E-state index is 12.9. The number of amides is 1. The molecule has 7 heteroatoms. The number of carbonyl (C=O) groups excluding carboxylic acids is 1. The highest BCUT2D eigenvalue weighted by Gasteiger charge is 2.27. The van der Waals surface area contributed by atoms with Crippen LogP contribution in [0.25, 0.3) is 22.3 Å². The van der Waals surface area contributed by atoms with Gasteiger partial charge in [0.25, 0.3) is 5.91 Å². The number of hydrogen-bond donors (Lipinski definition) is 2. The van der Waals surface area contributed by atoms with Crippen molar-refractivity contribution in [3.8, 4) is 16.9 Å². The van der Waals surface area contributed by atoms with Gasteiger partial charge in [0.1, 0.15) is 5.58 Å². The number of phenolic OH excluding ortho intramolecular Hbond substituents is 1. The van der Waals surface area contributed by atoms with Gasteiger partial charge in [-0.3, -0.25) is 9.78 Å². The van der Waals surface area contributed by atoms with Crippen LogP contribution in [0.4, 0.5) is 5.69 Å². The number of carbonyl (C=O) groups is 1. The number of aromatic nitrogens is 1. The van der Waals surface area contributed by atoms with Crippen molar-refractivity contribution in [1.82, 2.24) is 4.98 Å². The van der Waals surface area contributed by atoms with Crippen LogP contribution >= 0.6 is 23.2 Å². The highest BCUT2D eigenvalue weighted by Crippen LogP contribution is 2.42. The van der Waals surface area contributed by atoms with E-state index in [0.29, 0.717) is 26.9 Å². The predicted molar refractivity (Wildman–Crippen MR) is 101 cm³/mol. The molecule has 26 heavy (non-hydrogen) atoms. The predicted octanol–water partition coefficient (Wildman–Crippen LogP) is 5.51. The molecular formula is C19H12Cl2N2O3. The quantitative estimate of drug-likeness (QED) is 0.486. The molecule has 4 aromatic rings. The summed E-state index contributed by atoms with van der Waals surface area (Å²) in [6, 6.07) is 9.93. The van der Waals surface area contributed by atoms with Gasteiger partial charge in [0.05, 0.1) is 15.6 Å². The number of anilines is 1. The third-order valence-electron chi connectivity index (χ3n) is 4.03. The van der Waals surface area contributed by atoms with Gasteiger partial charge in [-0.25, -0.2) is 0 Å². The molecule has 0 fully saturated rings. The number of benzene rings is 2. The van der Waals surface area contributed by atoms with Crippen molar-refractivity contribution in [3.05, 3.63) is 63.9 Å². The maximum Gasteiger partial charge on any atom is 0.260 e. The second kappa shape index (κ2) is 6.20. The Labute approximate surface area is 158 Å². The van der Waals surface area contributed by atoms with Crippen molar-refractivity contribution >= 4 is 46.0 Å². The van der Waals surface area contributed by atoms with Crippen LogP contribution in [0.15, 0.2) is 47.0 Å². The number of hydrogen-bond acceptors (Lipinski definition) is 4. The van der Waals surface area contributed by atoms with E-state index < -0.39 is 5.91 Å². The van der Waals surface area contributed by atoms with Crippen LogP contribution in [0, 0.1) is 6.92 Å². The van der Waals surface area contributed by atoms with Crippen LogP contribution in [-0.2, 0) is 0 Å². The van der Waals surface area contributed by atoms with Crippen molar-refractivity contribution in [2.45, 2.75) is 6.92 Å². The monoisotopic (exact) mass is 386 g/mol. The molecule has 0 spiro atoms. The minimum Gasteiger partial charge on any atom is -0.504 e. The van der Waals surface area contributed by atoms with E-state index in [2.05, 4.69) is 10.3 Å². The third-order valence-corrected chi connectivity index (χ3v) is 4.76. The average molecular weight is 387 g/mol. The molecular weight excluding hydrogens is 375 g/mol. The van der Waals surface area contributed by atoms with Crippen LogP contribution in [0.3, 0.4) is 0 Å². The van der Waals surface area contributed by atoms with Crippen LogP contribution in [0.2, 0.25) is 10.0 Å². The first-order valence-electron chi connectivity index (χ1n) is 7.71. The van der Waals surface area contributed by atoms with Crippen molar-refractivity contribution in [1.29, 1.82) is 0 Å². The maximum absolute atomic E-state index is 12.9. The molecule has 0 unspecified atom stereocenters. The standard InChI is InChI=1S/C19H12Cl2N2O3/c1-9-6-10(4-5-22-9)16-15-8-14(24)18(26-15)17(16)19(25)23-11-2-3-12(20)13(21)7-11/h2-8,24H,1H3,(H,23,25). The summed E-state index contributed by atoms with van der Waals surface area (Å²) in [5, 5.41) is 13.5. The van der Waals surface area contributed by atoms with E-state index >= 15 is 0 Å². The summed E-state index contributed by atoms with van der Waals surface area (Å²) in [6.07, 6.45) is 1.66. The molecule has 2 N–H and O–H groups in total. The first-order valence-corrected chi connectivity index (χ1v) is 8.47. The normalized spacial score (nSPS) is 11.2. The van der Waals surface area contributed by atoms with E-state index in [-0.39, 0.29) is 16.9 Å². The molecule has 3 aromatic heterocycles. The molecule has 4 rings (SSSR count). The minimum atomic E-state index is -0.419. The molecule has 1 aromatic carbocycles. The smallest absolute Gasteiger partial charge is 0.260 e. The van der Waals surface area contributed by atoms with Crippen molar-refractivity contribution in [2.24, 2.45) is 0 Å². The van der Waals surface area contributed by atoms with Crippen LogP contribution < -0.4 is 5.32 Å². The number of fused-ring (bicyclic) bond motifs is 2. The number of aryl methyl sites for hydroxylation is 1. The van der Waals surface area contributed by atoms with E-state index in [1.54, 1.807) is 30.5 Å². The topological polar surface area (TPSA) is 75.4 Å². The van der Waals surface area contributed by atoms with Gasteiger partial charge < -0.3 is 14.8 Å². The van der Waals surface area contributed by atoms with Crippen LogP contribution in [0.5, 0.6) is 5.75 Å². The zero-order valence-corrected chi connectivity index (χ0v) is 15.0. The Bertz CT molecular complexity index is 1140. The summed E-state index contributed by atoms with van der Waals surface area (Å²) in [4.78, 5) is 17.1. The summed E-state index contributed by atoms with van der Waals surface area (Å²) >= 11 is 11.9. The molecule has 130 valence electrons. The number of nitrogens with one attached hydrogen (secondary N) is 1. The van der Waals surface area contributed by atoms with E-state index in [0.717, 1.165) is 11.3 Å². The molecule has 0 saturated carbocycles. The Kier molecular flexibility index (Phi) is 3.98. The van der Waals surface area contributed by atoms with E-state index in [1.165, 1.54) is 6.07 Å². The number of aromatic hydroxyl groups is 1. The van der Waals surface area contributed by atoms with Gasteiger partial charge in [-0.05, 0) is 42.8 Å². The molecule has 0 radical (unpaired) electrons. The zero-order valence-electron chi connectivity index (χ0n) is 13.5. The number of phenols is 1. The van der Waals surface area contributed by atoms with Gasteiger partial charge in [-0.1, -0.05) is 23.2 Å². The molecule has 5 nitrogen and oxygen atoms in total. The zero-order chi connectivity index (χ0) is 18.4. The number of rotatable bonds is 3. The summed E-state index contributed by atoms with van der Waals surface area (Å²) < 4.78 is 5.59. The second-order valence-electron chi connectivity index (χ2n) is 5.84. The molecule has 0 aliphatic rings. The fourth-order valence-electron chi connectivity index (χ4n) is 2.89. The van der Waals surface area contributed by atoms with Crippen molar-refractivity contribution in [3.63, 3.8) is 0 Å². The average Bonchev–Trinajstić information content (AvgIpc) is 3.15. The lowest BCUT2D eigenvalue weighted by Crippen LogP contribution is -2.13. The first-order chi connectivity index (χ1) is 12.4. The summed E-state index contributed by atoms with van der Waals surface area (Å²) in [7, 11) is 0. The van der Waals surface area contributed by atoms with Gasteiger partial charge in [0, 0.05) is 29.2 Å². The Morgan fingerprint density at radius 3 is 2.69 bits per heavy atom. The van der Waals surface area contributed by atoms with E-state index in [4.69, 9.17) is 27.6 Å². The Morgan fingerprint density at radius 1 is 1.15 bits per heavy atom. The van der Waals surface area contributed by atoms with Gasteiger partial charge in [-0.2, -0.15) is 0 Å². The lowest BCUT2D eigenvalue weighted by molar-refractivity contribution is 0.102. The molecule has 0 atom stereocenters. The third kappa shape index (κ3) is 2.75. The fraction of sp³-hybridized carbons (Fsp3) is 0.0526. The summed E-state index contributed by atoms with van der Waals surface area (Å²) in [6.45, 7) is 1.86. The SMILES string of the molecule is Cc1cc(-c2c(C(=O)Nc3ccc(Cl)c(Cl)c3)c3oc2cc3O)ccn1. The molecule has 0 aliphatic heterocycles. The van der Waals surface area contributed by atoms with Crippen LogP contribution in [-0.4, -0.2) is 16.0 Å². The molecule has 3 heterocycles. The lowest BCUT2D eigenvalue weighted by atomic mass is 9.99. The van der Waals surface area contributed by atoms with Gasteiger partial charge in [-0.15, -0.1) is 0 Å². The number of pyridine rings is 1. The number of nitrogens with zero attached hydrogens (tertiary/aromatic N) is 1. The number of halogens is 2. The lowest BCUT2D eigenvalue weighted by Gasteiger charge is -2.09. The van der Waals surface area contributed by atoms with E-state index in [1.807, 2.05) is 13.0 Å². The highest BCUT2D eigenvalue weighted by molar-refractivity contribution is 6.42. The van der Waals surface area contributed by atoms with Gasteiger partial charge in [0.2, 0.25) is 0 Å². The molecule has 0 saturated heterocycles. The van der Waals surface area contributed by atoms with Crippen molar-refractivity contribution < 1.29 is 14.3 Å². The molecule has 0 aliphatic carbocycles. The first kappa shape index (κ1) is 16.7. The van der Waals surface area contributed by atoms with Crippen molar-refractivity contribution in [2.75, 3.05) is 5.32 Å². The highest BCUT2D eigenvalue weighted by atomic mass is 35.5. The van der Waals surface area contributed by atoms with Crippen LogP contribution in [0.1, 0.15) is 16.1 Å². The number of furan rings is 2. The fourth-order valence-corrected chi connectivity index (χ4v) is 3.19. The van der Waals surface area contributed by atoms with Gasteiger partial charge in [0.15, 0.2) is 11.3 Å².